The van der Waals surface area contributed by atoms with Gasteiger partial charge in [0.2, 0.25) is 11.7 Å². The molecule has 148 valence electrons. The molecule has 1 fully saturated rings. The number of fused-ring (bicyclic) bond motifs is 1. The van der Waals surface area contributed by atoms with Crippen molar-refractivity contribution in [1.82, 2.24) is 10.3 Å². The molecule has 6 nitrogen and oxygen atoms in total. The van der Waals surface area contributed by atoms with Gasteiger partial charge in [-0.2, -0.15) is 0 Å². The van der Waals surface area contributed by atoms with E-state index in [-0.39, 0.29) is 11.7 Å². The minimum absolute atomic E-state index is 0.135. The minimum Gasteiger partial charge on any atom is -0.368 e. The molecule has 3 rings (SSSR count). The number of rotatable bonds is 8. The Morgan fingerprint density at radius 1 is 1.33 bits per heavy atom. The van der Waals surface area contributed by atoms with Gasteiger partial charge in [-0.25, -0.2) is 4.98 Å². The number of ether oxygens (including phenoxy) is 1. The minimum atomic E-state index is -0.580. The molecule has 0 aliphatic carbocycles. The lowest BCUT2D eigenvalue weighted by Crippen LogP contribution is -2.45. The maximum Gasteiger partial charge on any atom is 0.249 e. The van der Waals surface area contributed by atoms with Gasteiger partial charge in [0, 0.05) is 6.61 Å². The lowest BCUT2D eigenvalue weighted by atomic mass is 10.0. The summed E-state index contributed by atoms with van der Waals surface area (Å²) in [6.07, 6.45) is 3.30. The van der Waals surface area contributed by atoms with E-state index in [0.717, 1.165) is 29.5 Å². The Labute approximate surface area is 164 Å². The Bertz CT molecular complexity index is 708. The van der Waals surface area contributed by atoms with Crippen molar-refractivity contribution in [1.29, 1.82) is 0 Å². The van der Waals surface area contributed by atoms with Crippen LogP contribution in [0.25, 0.3) is 10.2 Å². The first-order chi connectivity index (χ1) is 13.2. The number of thiazole rings is 1. The van der Waals surface area contributed by atoms with E-state index in [9.17, 15) is 9.59 Å². The number of carbonyl (C=O) groups excluding carboxylic acids is 2. The van der Waals surface area contributed by atoms with Crippen LogP contribution in [0.15, 0.2) is 24.3 Å². The van der Waals surface area contributed by atoms with Crippen LogP contribution in [0.4, 0.5) is 0 Å². The molecule has 1 aliphatic heterocycles. The number of carbonyl (C=O) groups is 2. The van der Waals surface area contributed by atoms with E-state index in [4.69, 9.17) is 10.5 Å². The lowest BCUT2D eigenvalue weighted by molar-refractivity contribution is -0.130. The van der Waals surface area contributed by atoms with Crippen molar-refractivity contribution in [3.8, 4) is 0 Å². The van der Waals surface area contributed by atoms with Crippen LogP contribution in [-0.2, 0) is 9.53 Å². The Morgan fingerprint density at radius 3 is 2.78 bits per heavy atom. The Morgan fingerprint density at radius 2 is 2.11 bits per heavy atom. The van der Waals surface area contributed by atoms with Crippen LogP contribution in [0.5, 0.6) is 0 Å². The van der Waals surface area contributed by atoms with E-state index in [1.54, 1.807) is 0 Å². The summed E-state index contributed by atoms with van der Waals surface area (Å²) in [4.78, 5) is 29.7. The van der Waals surface area contributed by atoms with Crippen molar-refractivity contribution >= 4 is 33.2 Å². The number of Topliss-reactive ketones (excluding diaryl/α,β-unsaturated/α-hetero) is 1. The van der Waals surface area contributed by atoms with Gasteiger partial charge in [-0.1, -0.05) is 26.0 Å². The molecule has 2 aromatic rings. The molecule has 27 heavy (non-hydrogen) atoms. The third-order valence-corrected chi connectivity index (χ3v) is 5.36. The molecule has 1 aromatic carbocycles. The van der Waals surface area contributed by atoms with Crippen LogP contribution in [0, 0.1) is 0 Å². The number of benzene rings is 1. The van der Waals surface area contributed by atoms with Crippen LogP contribution in [-0.4, -0.2) is 42.0 Å². The predicted octanol–water partition coefficient (Wildman–Crippen LogP) is 3.30. The molecule has 2 atom stereocenters. The first-order valence-corrected chi connectivity index (χ1v) is 10.5. The van der Waals surface area contributed by atoms with E-state index in [2.05, 4.69) is 10.3 Å². The molecule has 1 aliphatic rings. The Hall–Kier alpha value is -1.83. The standard InChI is InChI=1S/C18H23N3O3S.C2H6/c19-10-4-3-7-13(20-17(23)14-8-5-11-24-14)16(22)18-21-12-6-1-2-9-15(12)25-18;1-2/h1-2,6,9,13-14H,3-5,7-8,10-11,19H2,(H,20,23);1-2H3. The third kappa shape index (κ3) is 5.82. The summed E-state index contributed by atoms with van der Waals surface area (Å²) < 4.78 is 6.39. The first-order valence-electron chi connectivity index (χ1n) is 9.71. The van der Waals surface area contributed by atoms with Crippen LogP contribution >= 0.6 is 11.3 Å². The average Bonchev–Trinajstić information content (AvgIpc) is 3.38. The highest BCUT2D eigenvalue weighted by molar-refractivity contribution is 7.20. The summed E-state index contributed by atoms with van der Waals surface area (Å²) in [5, 5.41) is 3.31. The molecule has 1 amide bonds. The number of nitrogens with one attached hydrogen (secondary N) is 1. The Balaban J connectivity index is 0.00000126. The fourth-order valence-electron chi connectivity index (χ4n) is 2.94. The van der Waals surface area contributed by atoms with E-state index in [0.29, 0.717) is 31.0 Å². The quantitative estimate of drug-likeness (QED) is 0.532. The summed E-state index contributed by atoms with van der Waals surface area (Å²) in [6.45, 7) is 5.17. The van der Waals surface area contributed by atoms with Crippen LogP contribution in [0.2, 0.25) is 0 Å². The highest BCUT2D eigenvalue weighted by Gasteiger charge is 2.29. The molecule has 0 saturated carbocycles. The SMILES string of the molecule is CC.NCCCCC(NC(=O)C1CCCO1)C(=O)c1nc2ccccc2s1. The number of nitrogens with two attached hydrogens (primary N) is 1. The van der Waals surface area contributed by atoms with Gasteiger partial charge in [0.05, 0.1) is 16.3 Å². The normalized spacial score (nSPS) is 17.2. The van der Waals surface area contributed by atoms with Crippen molar-refractivity contribution < 1.29 is 14.3 Å². The molecular weight excluding hydrogens is 362 g/mol. The summed E-state index contributed by atoms with van der Waals surface area (Å²) in [6, 6.07) is 7.07. The van der Waals surface area contributed by atoms with E-state index in [1.165, 1.54) is 11.3 Å². The van der Waals surface area contributed by atoms with Crippen molar-refractivity contribution in [3.05, 3.63) is 29.3 Å². The van der Waals surface area contributed by atoms with Crippen LogP contribution in [0.3, 0.4) is 0 Å². The van der Waals surface area contributed by atoms with Gasteiger partial charge in [0.15, 0.2) is 5.01 Å². The predicted molar refractivity (Wildman–Crippen MR) is 109 cm³/mol. The summed E-state index contributed by atoms with van der Waals surface area (Å²) in [7, 11) is 0. The average molecular weight is 392 g/mol. The maximum atomic E-state index is 12.9. The van der Waals surface area contributed by atoms with E-state index >= 15 is 0 Å². The summed E-state index contributed by atoms with van der Waals surface area (Å²) >= 11 is 1.36. The molecule has 1 saturated heterocycles. The largest absolute Gasteiger partial charge is 0.368 e. The number of nitrogens with zero attached hydrogens (tertiary/aromatic N) is 1. The zero-order valence-corrected chi connectivity index (χ0v) is 16.9. The highest BCUT2D eigenvalue weighted by atomic mass is 32.1. The first kappa shape index (κ1) is 21.5. The van der Waals surface area contributed by atoms with Gasteiger partial charge in [-0.3, -0.25) is 9.59 Å². The maximum absolute atomic E-state index is 12.9. The molecule has 2 unspecified atom stereocenters. The molecule has 0 spiro atoms. The van der Waals surface area contributed by atoms with Crippen molar-refractivity contribution in [3.63, 3.8) is 0 Å². The van der Waals surface area contributed by atoms with Gasteiger partial charge in [-0.05, 0) is 50.8 Å². The number of hydrogen-bond acceptors (Lipinski definition) is 6. The smallest absolute Gasteiger partial charge is 0.249 e. The molecule has 1 aromatic heterocycles. The van der Waals surface area contributed by atoms with Crippen molar-refractivity contribution in [2.45, 2.75) is 58.1 Å². The van der Waals surface area contributed by atoms with Gasteiger partial charge >= 0.3 is 0 Å². The second-order valence-corrected chi connectivity index (χ2v) is 7.23. The second kappa shape index (κ2) is 11.1. The zero-order valence-electron chi connectivity index (χ0n) is 16.1. The molecule has 7 heteroatoms. The summed E-state index contributed by atoms with van der Waals surface area (Å²) in [5.74, 6) is -0.339. The molecule has 2 heterocycles. The number of hydrogen-bond donors (Lipinski definition) is 2. The van der Waals surface area contributed by atoms with Crippen molar-refractivity contribution in [2.24, 2.45) is 5.73 Å². The number of ketones is 1. The van der Waals surface area contributed by atoms with Gasteiger partial charge < -0.3 is 15.8 Å². The van der Waals surface area contributed by atoms with Crippen molar-refractivity contribution in [2.75, 3.05) is 13.2 Å². The molecular formula is C20H29N3O3S. The number of para-hydroxylation sites is 1. The second-order valence-electron chi connectivity index (χ2n) is 6.20. The fourth-order valence-corrected chi connectivity index (χ4v) is 3.90. The van der Waals surface area contributed by atoms with Gasteiger partial charge in [0.1, 0.15) is 6.10 Å². The monoisotopic (exact) mass is 391 g/mol. The number of unbranched alkanes of at least 4 members (excludes halogenated alkanes) is 1. The number of amides is 1. The lowest BCUT2D eigenvalue weighted by Gasteiger charge is -2.18. The fraction of sp³-hybridized carbons (Fsp3) is 0.550. The van der Waals surface area contributed by atoms with Crippen LogP contribution < -0.4 is 11.1 Å². The van der Waals surface area contributed by atoms with E-state index < -0.39 is 12.1 Å². The topological polar surface area (TPSA) is 94.3 Å². The van der Waals surface area contributed by atoms with Gasteiger partial charge in [-0.15, -0.1) is 11.3 Å². The molecule has 0 bridgehead atoms. The van der Waals surface area contributed by atoms with Crippen LogP contribution in [0.1, 0.15) is 55.8 Å². The number of aromatic nitrogens is 1. The summed E-state index contributed by atoms with van der Waals surface area (Å²) in [5.41, 5.74) is 6.36. The molecule has 0 radical (unpaired) electrons. The Kier molecular flexibility index (Phi) is 8.84. The third-order valence-electron chi connectivity index (χ3n) is 4.31. The highest BCUT2D eigenvalue weighted by Crippen LogP contribution is 2.23. The zero-order chi connectivity index (χ0) is 19.6. The van der Waals surface area contributed by atoms with Gasteiger partial charge in [0.25, 0.3) is 0 Å². The molecule has 3 N–H and O–H groups in total. The van der Waals surface area contributed by atoms with E-state index in [1.807, 2.05) is 38.1 Å².